The first-order chi connectivity index (χ1) is 9.61. The molecule has 1 fully saturated rings. The summed E-state index contributed by atoms with van der Waals surface area (Å²) in [6.07, 6.45) is 0.901. The third kappa shape index (κ3) is 3.32. The van der Waals surface area contributed by atoms with Gasteiger partial charge in [0.2, 0.25) is 5.95 Å². The molecule has 1 saturated heterocycles. The summed E-state index contributed by atoms with van der Waals surface area (Å²) in [5, 5.41) is 14.0. The third-order valence-electron chi connectivity index (χ3n) is 3.02. The topological polar surface area (TPSA) is 99.4 Å². The molecule has 1 aliphatic heterocycles. The number of nitro groups is 1. The van der Waals surface area contributed by atoms with Gasteiger partial charge in [0.05, 0.1) is 18.1 Å². The normalized spacial score (nSPS) is 18.0. The van der Waals surface area contributed by atoms with Crippen LogP contribution in [0.25, 0.3) is 0 Å². The number of hydrogen-bond donors (Lipinski definition) is 1. The Hall–Kier alpha value is -1.96. The molecule has 1 aromatic heterocycles. The first kappa shape index (κ1) is 14.4. The number of nitrogens with one attached hydrogen (secondary N) is 1. The molecule has 1 aliphatic rings. The quantitative estimate of drug-likeness (QED) is 0.624. The first-order valence-corrected chi connectivity index (χ1v) is 6.59. The van der Waals surface area contributed by atoms with Crippen LogP contribution in [0.1, 0.15) is 19.0 Å². The van der Waals surface area contributed by atoms with E-state index in [2.05, 4.69) is 15.3 Å². The minimum Gasteiger partial charge on any atom is -0.472 e. The van der Waals surface area contributed by atoms with Crippen LogP contribution in [0.15, 0.2) is 0 Å². The maximum atomic E-state index is 11.1. The molecule has 1 unspecified atom stereocenters. The van der Waals surface area contributed by atoms with Crippen LogP contribution < -0.4 is 10.1 Å². The van der Waals surface area contributed by atoms with Crippen molar-refractivity contribution in [3.05, 3.63) is 15.8 Å². The SMILES string of the molecule is CCNc1nc(C)c([N+](=O)[O-])c(OCC2CCOC2)n1. The number of aromatic nitrogens is 2. The molecule has 2 rings (SSSR count). The monoisotopic (exact) mass is 282 g/mol. The molecule has 0 saturated carbocycles. The Morgan fingerprint density at radius 1 is 1.55 bits per heavy atom. The van der Waals surface area contributed by atoms with Crippen LogP contribution in [0.4, 0.5) is 11.6 Å². The van der Waals surface area contributed by atoms with Gasteiger partial charge in [-0.25, -0.2) is 4.98 Å². The number of hydrogen-bond acceptors (Lipinski definition) is 7. The molecule has 2 heterocycles. The molecule has 0 bridgehead atoms. The minimum absolute atomic E-state index is 0.0188. The van der Waals surface area contributed by atoms with Crippen molar-refractivity contribution in [3.63, 3.8) is 0 Å². The Kier molecular flexibility index (Phi) is 4.67. The van der Waals surface area contributed by atoms with Gasteiger partial charge in [0.15, 0.2) is 0 Å². The van der Waals surface area contributed by atoms with Crippen LogP contribution >= 0.6 is 0 Å². The standard InChI is InChI=1S/C12H18N4O4/c1-3-13-12-14-8(2)10(16(17)18)11(15-12)20-7-9-4-5-19-6-9/h9H,3-7H2,1-2H3,(H,13,14,15). The molecule has 110 valence electrons. The highest BCUT2D eigenvalue weighted by Gasteiger charge is 2.25. The summed E-state index contributed by atoms with van der Waals surface area (Å²) in [5.74, 6) is 0.617. The van der Waals surface area contributed by atoms with Gasteiger partial charge in [0.25, 0.3) is 5.88 Å². The molecular formula is C12H18N4O4. The average Bonchev–Trinajstić information content (AvgIpc) is 2.88. The number of aryl methyl sites for hydroxylation is 1. The summed E-state index contributed by atoms with van der Waals surface area (Å²) in [5.41, 5.74) is 0.115. The van der Waals surface area contributed by atoms with Gasteiger partial charge in [0, 0.05) is 19.1 Å². The van der Waals surface area contributed by atoms with Crippen molar-refractivity contribution in [1.82, 2.24) is 9.97 Å². The Labute approximate surface area is 116 Å². The van der Waals surface area contributed by atoms with Gasteiger partial charge in [-0.2, -0.15) is 4.98 Å². The van der Waals surface area contributed by atoms with E-state index in [-0.39, 0.29) is 17.5 Å². The van der Waals surface area contributed by atoms with Gasteiger partial charge in [0.1, 0.15) is 5.69 Å². The van der Waals surface area contributed by atoms with Crippen LogP contribution in [0.3, 0.4) is 0 Å². The molecule has 1 aromatic rings. The molecular weight excluding hydrogens is 264 g/mol. The zero-order valence-electron chi connectivity index (χ0n) is 11.6. The number of nitrogens with zero attached hydrogens (tertiary/aromatic N) is 3. The van der Waals surface area contributed by atoms with Crippen molar-refractivity contribution < 1.29 is 14.4 Å². The maximum absolute atomic E-state index is 11.1. The second kappa shape index (κ2) is 6.47. The Bertz CT molecular complexity index is 489. The lowest BCUT2D eigenvalue weighted by molar-refractivity contribution is -0.387. The van der Waals surface area contributed by atoms with Crippen molar-refractivity contribution in [2.45, 2.75) is 20.3 Å². The molecule has 0 aromatic carbocycles. The van der Waals surface area contributed by atoms with Crippen molar-refractivity contribution >= 4 is 11.6 Å². The first-order valence-electron chi connectivity index (χ1n) is 6.59. The molecule has 0 radical (unpaired) electrons. The van der Waals surface area contributed by atoms with Gasteiger partial charge in [-0.3, -0.25) is 10.1 Å². The van der Waals surface area contributed by atoms with E-state index in [0.717, 1.165) is 6.42 Å². The summed E-state index contributed by atoms with van der Waals surface area (Å²) >= 11 is 0. The number of anilines is 1. The predicted octanol–water partition coefficient (Wildman–Crippen LogP) is 1.54. The van der Waals surface area contributed by atoms with Crippen LogP contribution in [-0.2, 0) is 4.74 Å². The zero-order valence-corrected chi connectivity index (χ0v) is 11.6. The van der Waals surface area contributed by atoms with Gasteiger partial charge in [-0.05, 0) is 20.3 Å². The highest BCUT2D eigenvalue weighted by molar-refractivity contribution is 5.48. The summed E-state index contributed by atoms with van der Waals surface area (Å²) in [6, 6.07) is 0. The van der Waals surface area contributed by atoms with E-state index in [9.17, 15) is 10.1 Å². The second-order valence-electron chi connectivity index (χ2n) is 4.61. The Balaban J connectivity index is 2.19. The second-order valence-corrected chi connectivity index (χ2v) is 4.61. The molecule has 1 atom stereocenters. The van der Waals surface area contributed by atoms with E-state index < -0.39 is 4.92 Å². The lowest BCUT2D eigenvalue weighted by Crippen LogP contribution is -2.15. The Morgan fingerprint density at radius 2 is 2.35 bits per heavy atom. The molecule has 1 N–H and O–H groups in total. The summed E-state index contributed by atoms with van der Waals surface area (Å²) in [7, 11) is 0. The highest BCUT2D eigenvalue weighted by Crippen LogP contribution is 2.29. The van der Waals surface area contributed by atoms with Gasteiger partial charge in [-0.15, -0.1) is 0 Å². The summed E-state index contributed by atoms with van der Waals surface area (Å²) < 4.78 is 10.8. The fourth-order valence-corrected chi connectivity index (χ4v) is 2.00. The average molecular weight is 282 g/mol. The largest absolute Gasteiger partial charge is 0.472 e. The predicted molar refractivity (Wildman–Crippen MR) is 72.0 cm³/mol. The highest BCUT2D eigenvalue weighted by atomic mass is 16.6. The van der Waals surface area contributed by atoms with Crippen LogP contribution in [0.5, 0.6) is 5.88 Å². The lowest BCUT2D eigenvalue weighted by Gasteiger charge is -2.11. The lowest BCUT2D eigenvalue weighted by atomic mass is 10.1. The van der Waals surface area contributed by atoms with Crippen molar-refractivity contribution in [2.24, 2.45) is 5.92 Å². The smallest absolute Gasteiger partial charge is 0.352 e. The molecule has 8 nitrogen and oxygen atoms in total. The van der Waals surface area contributed by atoms with E-state index in [0.29, 0.717) is 38.0 Å². The van der Waals surface area contributed by atoms with Gasteiger partial charge in [-0.1, -0.05) is 0 Å². The van der Waals surface area contributed by atoms with E-state index in [1.54, 1.807) is 6.92 Å². The molecule has 0 spiro atoms. The molecule has 8 heteroatoms. The van der Waals surface area contributed by atoms with Gasteiger partial charge >= 0.3 is 5.69 Å². The van der Waals surface area contributed by atoms with E-state index in [1.807, 2.05) is 6.92 Å². The minimum atomic E-state index is -0.508. The zero-order chi connectivity index (χ0) is 14.5. The van der Waals surface area contributed by atoms with Crippen molar-refractivity contribution in [3.8, 4) is 5.88 Å². The third-order valence-corrected chi connectivity index (χ3v) is 3.02. The van der Waals surface area contributed by atoms with Crippen LogP contribution in [0, 0.1) is 23.0 Å². The van der Waals surface area contributed by atoms with Crippen molar-refractivity contribution in [2.75, 3.05) is 31.7 Å². The van der Waals surface area contributed by atoms with Crippen LogP contribution in [-0.4, -0.2) is 41.3 Å². The maximum Gasteiger partial charge on any atom is 0.352 e. The molecule has 0 amide bonds. The van der Waals surface area contributed by atoms with Gasteiger partial charge < -0.3 is 14.8 Å². The number of ether oxygens (including phenoxy) is 2. The van der Waals surface area contributed by atoms with E-state index >= 15 is 0 Å². The van der Waals surface area contributed by atoms with Crippen molar-refractivity contribution in [1.29, 1.82) is 0 Å². The summed E-state index contributed by atoms with van der Waals surface area (Å²) in [6.45, 7) is 5.80. The fraction of sp³-hybridized carbons (Fsp3) is 0.667. The molecule has 20 heavy (non-hydrogen) atoms. The Morgan fingerprint density at radius 3 is 2.95 bits per heavy atom. The summed E-state index contributed by atoms with van der Waals surface area (Å²) in [4.78, 5) is 18.7. The molecule has 0 aliphatic carbocycles. The fourth-order valence-electron chi connectivity index (χ4n) is 2.00. The van der Waals surface area contributed by atoms with E-state index in [1.165, 1.54) is 0 Å². The number of rotatable bonds is 6. The van der Waals surface area contributed by atoms with Crippen LogP contribution in [0.2, 0.25) is 0 Å². The van der Waals surface area contributed by atoms with E-state index in [4.69, 9.17) is 9.47 Å².